The summed E-state index contributed by atoms with van der Waals surface area (Å²) in [6.45, 7) is 7.68. The smallest absolute Gasteiger partial charge is 0.0641 e. The first-order chi connectivity index (χ1) is 8.22. The summed E-state index contributed by atoms with van der Waals surface area (Å²) in [5.74, 6) is 0. The molecule has 0 amide bonds. The van der Waals surface area contributed by atoms with Crippen molar-refractivity contribution in [1.82, 2.24) is 0 Å². The molecule has 1 aromatic rings. The maximum Gasteiger partial charge on any atom is 0.0641 e. The number of likely N-dealkylation sites (N-methyl/N-ethyl adjacent to an activating group) is 1. The highest BCUT2D eigenvalue weighted by atomic mass is 79.9. The predicted octanol–water partition coefficient (Wildman–Crippen LogP) is 4.21. The molecule has 0 saturated carbocycles. The van der Waals surface area contributed by atoms with Crippen LogP contribution in [0.1, 0.15) is 19.4 Å². The Bertz CT molecular complexity index is 344. The lowest BCUT2D eigenvalue weighted by Crippen LogP contribution is -2.27. The van der Waals surface area contributed by atoms with Crippen LogP contribution < -0.4 is 4.90 Å². The van der Waals surface area contributed by atoms with Crippen LogP contribution in [-0.4, -0.2) is 26.3 Å². The third-order valence-electron chi connectivity index (χ3n) is 2.64. The van der Waals surface area contributed by atoms with E-state index in [2.05, 4.69) is 61.9 Å². The standard InChI is InChI=1S/C13H19Br2NO/c1-3-16(7-8-17-4-2)12-6-5-11(10-14)13(15)9-12/h5-6,9H,3-4,7-8,10H2,1-2H3. The number of alkyl halides is 1. The molecule has 0 aliphatic heterocycles. The molecule has 17 heavy (non-hydrogen) atoms. The van der Waals surface area contributed by atoms with Gasteiger partial charge in [-0.15, -0.1) is 0 Å². The molecule has 0 bridgehead atoms. The van der Waals surface area contributed by atoms with Gasteiger partial charge >= 0.3 is 0 Å². The topological polar surface area (TPSA) is 12.5 Å². The molecule has 1 rings (SSSR count). The van der Waals surface area contributed by atoms with Crippen molar-refractivity contribution in [2.45, 2.75) is 19.2 Å². The molecule has 0 saturated heterocycles. The fraction of sp³-hybridized carbons (Fsp3) is 0.538. The SMILES string of the molecule is CCOCCN(CC)c1ccc(CBr)c(Br)c1. The van der Waals surface area contributed by atoms with E-state index in [0.29, 0.717) is 0 Å². The second-order valence-corrected chi connectivity index (χ2v) is 5.10. The van der Waals surface area contributed by atoms with Crippen LogP contribution in [0.25, 0.3) is 0 Å². The molecule has 0 spiro atoms. The maximum absolute atomic E-state index is 5.40. The van der Waals surface area contributed by atoms with Crippen LogP contribution in [0, 0.1) is 0 Å². The summed E-state index contributed by atoms with van der Waals surface area (Å²) < 4.78 is 6.56. The van der Waals surface area contributed by atoms with Gasteiger partial charge in [0, 0.05) is 35.2 Å². The van der Waals surface area contributed by atoms with E-state index in [1.54, 1.807) is 0 Å². The quantitative estimate of drug-likeness (QED) is 0.530. The van der Waals surface area contributed by atoms with E-state index in [4.69, 9.17) is 4.74 Å². The van der Waals surface area contributed by atoms with E-state index in [-0.39, 0.29) is 0 Å². The molecule has 0 aromatic heterocycles. The van der Waals surface area contributed by atoms with Crippen LogP contribution in [0.4, 0.5) is 5.69 Å². The van der Waals surface area contributed by atoms with E-state index in [1.807, 2.05) is 6.92 Å². The molecule has 0 heterocycles. The molecular formula is C13H19Br2NO. The first kappa shape index (κ1) is 15.0. The van der Waals surface area contributed by atoms with Gasteiger partial charge in [-0.1, -0.05) is 37.9 Å². The Kier molecular flexibility index (Phi) is 7.16. The van der Waals surface area contributed by atoms with Crippen molar-refractivity contribution >= 4 is 37.5 Å². The molecule has 0 aliphatic rings. The molecule has 4 heteroatoms. The lowest BCUT2D eigenvalue weighted by Gasteiger charge is -2.23. The van der Waals surface area contributed by atoms with Crippen LogP contribution in [0.3, 0.4) is 0 Å². The van der Waals surface area contributed by atoms with Crippen molar-refractivity contribution in [3.63, 3.8) is 0 Å². The normalized spacial score (nSPS) is 10.6. The number of anilines is 1. The Hall–Kier alpha value is -0.0600. The minimum Gasteiger partial charge on any atom is -0.380 e. The van der Waals surface area contributed by atoms with Gasteiger partial charge in [0.2, 0.25) is 0 Å². The van der Waals surface area contributed by atoms with E-state index in [1.165, 1.54) is 11.3 Å². The average Bonchev–Trinajstić information content (AvgIpc) is 2.35. The van der Waals surface area contributed by atoms with Crippen LogP contribution in [-0.2, 0) is 10.1 Å². The predicted molar refractivity (Wildman–Crippen MR) is 81.2 cm³/mol. The van der Waals surface area contributed by atoms with Crippen LogP contribution >= 0.6 is 31.9 Å². The third kappa shape index (κ3) is 4.60. The van der Waals surface area contributed by atoms with Gasteiger partial charge in [-0.05, 0) is 31.5 Å². The molecule has 0 atom stereocenters. The summed E-state index contributed by atoms with van der Waals surface area (Å²) in [6, 6.07) is 6.49. The van der Waals surface area contributed by atoms with Gasteiger partial charge in [0.05, 0.1) is 6.61 Å². The molecule has 1 aromatic carbocycles. The number of benzene rings is 1. The largest absolute Gasteiger partial charge is 0.380 e. The molecule has 0 N–H and O–H groups in total. The Labute approximate surface area is 121 Å². The maximum atomic E-state index is 5.40. The average molecular weight is 365 g/mol. The Morgan fingerprint density at radius 3 is 2.59 bits per heavy atom. The fourth-order valence-electron chi connectivity index (χ4n) is 1.63. The van der Waals surface area contributed by atoms with Gasteiger partial charge in [0.15, 0.2) is 0 Å². The molecule has 96 valence electrons. The summed E-state index contributed by atoms with van der Waals surface area (Å²) in [5.41, 5.74) is 2.51. The number of nitrogens with zero attached hydrogens (tertiary/aromatic N) is 1. The fourth-order valence-corrected chi connectivity index (χ4v) is 3.00. The van der Waals surface area contributed by atoms with Gasteiger partial charge in [0.1, 0.15) is 0 Å². The molecule has 2 nitrogen and oxygen atoms in total. The van der Waals surface area contributed by atoms with Gasteiger partial charge in [-0.25, -0.2) is 0 Å². The highest BCUT2D eigenvalue weighted by Gasteiger charge is 2.06. The summed E-state index contributed by atoms with van der Waals surface area (Å²) in [4.78, 5) is 2.32. The molecule has 0 fully saturated rings. The van der Waals surface area contributed by atoms with Crippen LogP contribution in [0.5, 0.6) is 0 Å². The van der Waals surface area contributed by atoms with E-state index < -0.39 is 0 Å². The van der Waals surface area contributed by atoms with Crippen molar-refractivity contribution in [2.24, 2.45) is 0 Å². The number of ether oxygens (including phenoxy) is 1. The van der Waals surface area contributed by atoms with E-state index in [9.17, 15) is 0 Å². The van der Waals surface area contributed by atoms with Crippen molar-refractivity contribution in [2.75, 3.05) is 31.2 Å². The van der Waals surface area contributed by atoms with Crippen molar-refractivity contribution in [3.05, 3.63) is 28.2 Å². The highest BCUT2D eigenvalue weighted by molar-refractivity contribution is 9.10. The Morgan fingerprint density at radius 1 is 1.29 bits per heavy atom. The van der Waals surface area contributed by atoms with E-state index >= 15 is 0 Å². The van der Waals surface area contributed by atoms with Crippen LogP contribution in [0.2, 0.25) is 0 Å². The van der Waals surface area contributed by atoms with E-state index in [0.717, 1.165) is 36.1 Å². The van der Waals surface area contributed by atoms with Crippen molar-refractivity contribution in [3.8, 4) is 0 Å². The first-order valence-electron chi connectivity index (χ1n) is 5.90. The highest BCUT2D eigenvalue weighted by Crippen LogP contribution is 2.25. The monoisotopic (exact) mass is 363 g/mol. The van der Waals surface area contributed by atoms with Gasteiger partial charge in [0.25, 0.3) is 0 Å². The zero-order valence-electron chi connectivity index (χ0n) is 10.4. The second kappa shape index (κ2) is 8.11. The summed E-state index contributed by atoms with van der Waals surface area (Å²) in [5, 5.41) is 0.874. The van der Waals surface area contributed by atoms with Gasteiger partial charge in [-0.2, -0.15) is 0 Å². The molecular weight excluding hydrogens is 346 g/mol. The number of rotatable bonds is 7. The lowest BCUT2D eigenvalue weighted by atomic mass is 10.2. The number of halogens is 2. The zero-order chi connectivity index (χ0) is 12.7. The minimum atomic E-state index is 0.780. The van der Waals surface area contributed by atoms with Gasteiger partial charge in [-0.3, -0.25) is 0 Å². The Morgan fingerprint density at radius 2 is 2.06 bits per heavy atom. The molecule has 0 radical (unpaired) electrons. The van der Waals surface area contributed by atoms with Crippen LogP contribution in [0.15, 0.2) is 22.7 Å². The third-order valence-corrected chi connectivity index (χ3v) is 3.98. The summed E-state index contributed by atoms with van der Waals surface area (Å²) in [7, 11) is 0. The molecule has 0 unspecified atom stereocenters. The second-order valence-electron chi connectivity index (χ2n) is 3.69. The number of hydrogen-bond acceptors (Lipinski definition) is 2. The van der Waals surface area contributed by atoms with Gasteiger partial charge < -0.3 is 9.64 Å². The zero-order valence-corrected chi connectivity index (χ0v) is 13.6. The summed E-state index contributed by atoms with van der Waals surface area (Å²) >= 11 is 7.07. The Balaban J connectivity index is 2.71. The summed E-state index contributed by atoms with van der Waals surface area (Å²) in [6.07, 6.45) is 0. The minimum absolute atomic E-state index is 0.780. The molecule has 0 aliphatic carbocycles. The van der Waals surface area contributed by atoms with Crippen molar-refractivity contribution < 1.29 is 4.74 Å². The first-order valence-corrected chi connectivity index (χ1v) is 7.81. The lowest BCUT2D eigenvalue weighted by molar-refractivity contribution is 0.154. The number of hydrogen-bond donors (Lipinski definition) is 0. The van der Waals surface area contributed by atoms with Crippen molar-refractivity contribution in [1.29, 1.82) is 0 Å².